The zero-order valence-electron chi connectivity index (χ0n) is 17.5. The summed E-state index contributed by atoms with van der Waals surface area (Å²) >= 11 is 0. The Labute approximate surface area is 171 Å². The Balaban J connectivity index is 2.06. The minimum Gasteiger partial charge on any atom is -0.484 e. The second-order valence-electron chi connectivity index (χ2n) is 6.86. The average Bonchev–Trinajstić information content (AvgIpc) is 3.01. The molecule has 0 saturated heterocycles. The van der Waals surface area contributed by atoms with Crippen molar-refractivity contribution in [3.8, 4) is 5.75 Å². The summed E-state index contributed by atoms with van der Waals surface area (Å²) < 4.78 is 5.48. The van der Waals surface area contributed by atoms with Crippen molar-refractivity contribution >= 4 is 17.6 Å². The van der Waals surface area contributed by atoms with Gasteiger partial charge in [0.05, 0.1) is 0 Å². The highest BCUT2D eigenvalue weighted by Gasteiger charge is 2.22. The Bertz CT molecular complexity index is 886. The van der Waals surface area contributed by atoms with Gasteiger partial charge in [0.2, 0.25) is 0 Å². The van der Waals surface area contributed by atoms with Gasteiger partial charge < -0.3 is 20.4 Å². The van der Waals surface area contributed by atoms with Crippen LogP contribution in [0.3, 0.4) is 0 Å². The highest BCUT2D eigenvalue weighted by Crippen LogP contribution is 2.21. The van der Waals surface area contributed by atoms with Crippen molar-refractivity contribution < 1.29 is 19.1 Å². The zero-order valence-corrected chi connectivity index (χ0v) is 17.5. The first-order valence-electron chi connectivity index (χ1n) is 9.86. The van der Waals surface area contributed by atoms with E-state index >= 15 is 0 Å². The molecular formula is C22H29N3O4. The van der Waals surface area contributed by atoms with Gasteiger partial charge in [-0.1, -0.05) is 25.5 Å². The molecule has 1 aromatic heterocycles. The quantitative estimate of drug-likeness (QED) is 0.535. The summed E-state index contributed by atoms with van der Waals surface area (Å²) in [4.78, 5) is 39.3. The summed E-state index contributed by atoms with van der Waals surface area (Å²) in [5.74, 6) is 0.0817. The lowest BCUT2D eigenvalue weighted by Crippen LogP contribution is -2.28. The molecule has 0 fully saturated rings. The first kappa shape index (κ1) is 22.2. The van der Waals surface area contributed by atoms with Crippen molar-refractivity contribution in [1.82, 2.24) is 15.6 Å². The maximum atomic E-state index is 12.7. The van der Waals surface area contributed by atoms with Gasteiger partial charge >= 0.3 is 0 Å². The molecule has 7 nitrogen and oxygen atoms in total. The van der Waals surface area contributed by atoms with Crippen molar-refractivity contribution in [2.24, 2.45) is 0 Å². The summed E-state index contributed by atoms with van der Waals surface area (Å²) in [6.07, 6.45) is 1.49. The number of rotatable bonds is 10. The first-order valence-corrected chi connectivity index (χ1v) is 9.86. The highest BCUT2D eigenvalue weighted by molar-refractivity contribution is 6.02. The van der Waals surface area contributed by atoms with E-state index in [4.69, 9.17) is 4.74 Å². The van der Waals surface area contributed by atoms with Gasteiger partial charge in [0, 0.05) is 24.3 Å². The summed E-state index contributed by atoms with van der Waals surface area (Å²) in [7, 11) is 0. The molecule has 0 aliphatic heterocycles. The van der Waals surface area contributed by atoms with Gasteiger partial charge in [-0.2, -0.15) is 0 Å². The van der Waals surface area contributed by atoms with Gasteiger partial charge in [-0.25, -0.2) is 0 Å². The third kappa shape index (κ3) is 5.94. The van der Waals surface area contributed by atoms with Crippen molar-refractivity contribution in [2.75, 3.05) is 13.2 Å². The number of amides is 2. The minimum atomic E-state index is -0.252. The number of benzene rings is 1. The predicted octanol–water partition coefficient (Wildman–Crippen LogP) is 2.92. The molecule has 0 radical (unpaired) electrons. The molecule has 29 heavy (non-hydrogen) atoms. The third-order valence-electron chi connectivity index (χ3n) is 4.47. The van der Waals surface area contributed by atoms with Crippen LogP contribution in [0.1, 0.15) is 64.9 Å². The Morgan fingerprint density at radius 3 is 2.55 bits per heavy atom. The van der Waals surface area contributed by atoms with Crippen molar-refractivity contribution in [3.05, 3.63) is 52.3 Å². The van der Waals surface area contributed by atoms with Crippen molar-refractivity contribution in [2.45, 2.75) is 47.1 Å². The van der Waals surface area contributed by atoms with Gasteiger partial charge in [-0.3, -0.25) is 14.4 Å². The van der Waals surface area contributed by atoms with Crippen LogP contribution in [0.2, 0.25) is 0 Å². The average molecular weight is 399 g/mol. The lowest BCUT2D eigenvalue weighted by Gasteiger charge is -2.10. The van der Waals surface area contributed by atoms with Crippen LogP contribution in [-0.2, 0) is 17.8 Å². The van der Waals surface area contributed by atoms with E-state index in [1.54, 1.807) is 12.1 Å². The van der Waals surface area contributed by atoms with Crippen LogP contribution in [-0.4, -0.2) is 35.7 Å². The number of hydrogen-bond acceptors (Lipinski definition) is 4. The Kier molecular flexibility index (Phi) is 8.00. The van der Waals surface area contributed by atoms with E-state index in [1.165, 1.54) is 6.92 Å². The molecule has 2 rings (SSSR count). The summed E-state index contributed by atoms with van der Waals surface area (Å²) in [5, 5.41) is 5.56. The second kappa shape index (κ2) is 10.5. The summed E-state index contributed by atoms with van der Waals surface area (Å²) in [5.41, 5.74) is 3.38. The van der Waals surface area contributed by atoms with Gasteiger partial charge in [-0.05, 0) is 50.5 Å². The SMILES string of the molecule is CCCc1c(C(=O)NCc2cccc(OCC(=O)NCC)c2)[nH]c(C)c1C(C)=O. The lowest BCUT2D eigenvalue weighted by atomic mass is 10.0. The number of aryl methyl sites for hydroxylation is 1. The maximum absolute atomic E-state index is 12.7. The number of carbonyl (C=O) groups is 3. The number of Topliss-reactive ketones (excluding diaryl/α,β-unsaturated/α-hetero) is 1. The Hall–Kier alpha value is -3.09. The smallest absolute Gasteiger partial charge is 0.268 e. The fourth-order valence-electron chi connectivity index (χ4n) is 3.26. The molecule has 7 heteroatoms. The molecule has 1 heterocycles. The summed E-state index contributed by atoms with van der Waals surface area (Å²) in [6.45, 7) is 7.98. The number of H-pyrrole nitrogens is 1. The highest BCUT2D eigenvalue weighted by atomic mass is 16.5. The zero-order chi connectivity index (χ0) is 21.4. The summed E-state index contributed by atoms with van der Waals surface area (Å²) in [6, 6.07) is 7.22. The third-order valence-corrected chi connectivity index (χ3v) is 4.47. The largest absolute Gasteiger partial charge is 0.484 e. The van der Waals surface area contributed by atoms with E-state index in [2.05, 4.69) is 15.6 Å². The molecule has 3 N–H and O–H groups in total. The monoisotopic (exact) mass is 399 g/mol. The minimum absolute atomic E-state index is 0.0433. The van der Waals surface area contributed by atoms with Crippen molar-refractivity contribution in [3.63, 3.8) is 0 Å². The van der Waals surface area contributed by atoms with E-state index in [9.17, 15) is 14.4 Å². The van der Waals surface area contributed by atoms with E-state index < -0.39 is 0 Å². The number of ether oxygens (including phenoxy) is 1. The molecule has 2 aromatic rings. The van der Waals surface area contributed by atoms with Crippen LogP contribution in [0.15, 0.2) is 24.3 Å². The number of carbonyl (C=O) groups excluding carboxylic acids is 3. The number of likely N-dealkylation sites (N-methyl/N-ethyl adjacent to an activating group) is 1. The van der Waals surface area contributed by atoms with E-state index in [-0.39, 0.29) is 24.2 Å². The lowest BCUT2D eigenvalue weighted by molar-refractivity contribution is -0.122. The van der Waals surface area contributed by atoms with Crippen LogP contribution < -0.4 is 15.4 Å². The normalized spacial score (nSPS) is 10.5. The molecule has 0 aliphatic carbocycles. The molecule has 0 bridgehead atoms. The number of ketones is 1. The van der Waals surface area contributed by atoms with Crippen molar-refractivity contribution in [1.29, 1.82) is 0 Å². The van der Waals surface area contributed by atoms with E-state index in [1.807, 2.05) is 32.9 Å². The molecule has 0 aliphatic rings. The number of aromatic nitrogens is 1. The molecule has 0 unspecified atom stereocenters. The number of aromatic amines is 1. The molecule has 0 atom stereocenters. The Morgan fingerprint density at radius 1 is 1.14 bits per heavy atom. The molecule has 0 saturated carbocycles. The fraction of sp³-hybridized carbons (Fsp3) is 0.409. The van der Waals surface area contributed by atoms with E-state index in [0.717, 1.165) is 17.5 Å². The molecule has 0 spiro atoms. The van der Waals surface area contributed by atoms with Gasteiger partial charge in [0.15, 0.2) is 12.4 Å². The second-order valence-corrected chi connectivity index (χ2v) is 6.86. The maximum Gasteiger partial charge on any atom is 0.268 e. The topological polar surface area (TPSA) is 100 Å². The molecule has 1 aromatic carbocycles. The molecule has 156 valence electrons. The van der Waals surface area contributed by atoms with Crippen LogP contribution in [0, 0.1) is 6.92 Å². The van der Waals surface area contributed by atoms with Crippen LogP contribution in [0.4, 0.5) is 0 Å². The molecule has 2 amide bonds. The first-order chi connectivity index (χ1) is 13.9. The number of nitrogens with one attached hydrogen (secondary N) is 3. The molecular weight excluding hydrogens is 370 g/mol. The Morgan fingerprint density at radius 2 is 1.90 bits per heavy atom. The van der Waals surface area contributed by atoms with E-state index in [0.29, 0.717) is 42.2 Å². The van der Waals surface area contributed by atoms with Gasteiger partial charge in [0.25, 0.3) is 11.8 Å². The van der Waals surface area contributed by atoms with Crippen LogP contribution in [0.5, 0.6) is 5.75 Å². The standard InChI is InChI=1S/C22H29N3O4/c1-5-8-18-20(15(4)26)14(3)25-21(18)22(28)24-12-16-9-7-10-17(11-16)29-13-19(27)23-6-2/h7,9-11,25H,5-6,8,12-13H2,1-4H3,(H,23,27)(H,24,28). The van der Waals surface area contributed by atoms with Crippen LogP contribution >= 0.6 is 0 Å². The van der Waals surface area contributed by atoms with Crippen LogP contribution in [0.25, 0.3) is 0 Å². The van der Waals surface area contributed by atoms with Gasteiger partial charge in [0.1, 0.15) is 11.4 Å². The van der Waals surface area contributed by atoms with Gasteiger partial charge in [-0.15, -0.1) is 0 Å². The predicted molar refractivity (Wildman–Crippen MR) is 111 cm³/mol. The fourth-order valence-corrected chi connectivity index (χ4v) is 3.26. The number of hydrogen-bond donors (Lipinski definition) is 3.